The Hall–Kier alpha value is -1.34. The molecule has 0 aromatic carbocycles. The number of primary sulfonamides is 1. The molecule has 1 aliphatic rings. The highest BCUT2D eigenvalue weighted by Gasteiger charge is 2.27. The number of carbonyl (C=O) groups excluding carboxylic acids is 1. The minimum Gasteiger partial charge on any atom is -0.458 e. The van der Waals surface area contributed by atoms with Crippen molar-refractivity contribution in [3.63, 3.8) is 0 Å². The van der Waals surface area contributed by atoms with Gasteiger partial charge in [-0.15, -0.1) is 0 Å². The van der Waals surface area contributed by atoms with Crippen molar-refractivity contribution >= 4 is 16.0 Å². The summed E-state index contributed by atoms with van der Waals surface area (Å²) in [5.74, 6) is 0.520. The van der Waals surface area contributed by atoms with Crippen LogP contribution in [0.4, 0.5) is 0 Å². The number of nitrogens with two attached hydrogens (primary N) is 1. The smallest absolute Gasteiger partial charge is 0.355 e. The largest absolute Gasteiger partial charge is 0.458 e. The van der Waals surface area contributed by atoms with E-state index in [1.54, 1.807) is 0 Å². The molecule has 20 heavy (non-hydrogen) atoms. The molecule has 1 aliphatic carbocycles. The predicted octanol–water partition coefficient (Wildman–Crippen LogP) is 1.64. The lowest BCUT2D eigenvalue weighted by Crippen LogP contribution is -2.28. The number of rotatable bonds is 3. The molecule has 112 valence electrons. The van der Waals surface area contributed by atoms with Gasteiger partial charge in [0.2, 0.25) is 10.0 Å². The summed E-state index contributed by atoms with van der Waals surface area (Å²) >= 11 is 0. The fraction of sp³-hybridized carbons (Fsp3) is 0.615. The van der Waals surface area contributed by atoms with E-state index >= 15 is 0 Å². The van der Waals surface area contributed by atoms with Crippen molar-refractivity contribution < 1.29 is 17.9 Å². The molecule has 1 aromatic heterocycles. The maximum absolute atomic E-state index is 12.0. The molecule has 0 spiro atoms. The standard InChI is InChI=1S/C13H20N2O4S/c1-8-3-9(2)5-10(4-8)19-13(16)12-6-11(7-15-12)20(14,17)18/h6-10,15H,3-5H2,1-2H3,(H2,14,17,18). The molecule has 0 saturated heterocycles. The maximum atomic E-state index is 12.0. The van der Waals surface area contributed by atoms with Gasteiger partial charge in [0.05, 0.1) is 0 Å². The van der Waals surface area contributed by atoms with Crippen LogP contribution >= 0.6 is 0 Å². The van der Waals surface area contributed by atoms with Gasteiger partial charge in [0.15, 0.2) is 0 Å². The van der Waals surface area contributed by atoms with Crippen LogP contribution in [0.1, 0.15) is 43.6 Å². The lowest BCUT2D eigenvalue weighted by Gasteiger charge is -2.30. The van der Waals surface area contributed by atoms with Crippen molar-refractivity contribution in [1.82, 2.24) is 4.98 Å². The molecule has 0 bridgehead atoms. The third-order valence-electron chi connectivity index (χ3n) is 3.61. The maximum Gasteiger partial charge on any atom is 0.355 e. The first kappa shape index (κ1) is 15.1. The number of aromatic nitrogens is 1. The third-order valence-corrected chi connectivity index (χ3v) is 4.51. The topological polar surface area (TPSA) is 102 Å². The van der Waals surface area contributed by atoms with Gasteiger partial charge >= 0.3 is 5.97 Å². The first-order valence-corrected chi connectivity index (χ1v) is 8.22. The van der Waals surface area contributed by atoms with Gasteiger partial charge in [-0.25, -0.2) is 18.4 Å². The second-order valence-corrected chi connectivity index (χ2v) is 7.30. The molecule has 2 atom stereocenters. The molecule has 2 rings (SSSR count). The summed E-state index contributed by atoms with van der Waals surface area (Å²) < 4.78 is 27.7. The van der Waals surface area contributed by atoms with Crippen LogP contribution in [0.2, 0.25) is 0 Å². The van der Waals surface area contributed by atoms with E-state index in [2.05, 4.69) is 18.8 Å². The summed E-state index contributed by atoms with van der Waals surface area (Å²) in [7, 11) is -3.81. The number of hydrogen-bond acceptors (Lipinski definition) is 4. The Bertz CT molecular complexity index is 583. The molecule has 3 N–H and O–H groups in total. The molecule has 2 unspecified atom stereocenters. The van der Waals surface area contributed by atoms with Crippen LogP contribution in [0.3, 0.4) is 0 Å². The predicted molar refractivity (Wildman–Crippen MR) is 73.5 cm³/mol. The number of carbonyl (C=O) groups is 1. The fourth-order valence-electron chi connectivity index (χ4n) is 2.84. The SMILES string of the molecule is CC1CC(C)CC(OC(=O)c2cc(S(N)(=O)=O)c[nH]2)C1. The van der Waals surface area contributed by atoms with E-state index in [1.807, 2.05) is 0 Å². The molecule has 1 heterocycles. The van der Waals surface area contributed by atoms with Crippen LogP contribution in [-0.2, 0) is 14.8 Å². The number of hydrogen-bond donors (Lipinski definition) is 2. The van der Waals surface area contributed by atoms with Crippen molar-refractivity contribution in [1.29, 1.82) is 0 Å². The van der Waals surface area contributed by atoms with Crippen LogP contribution < -0.4 is 5.14 Å². The molecule has 1 saturated carbocycles. The molecule has 0 amide bonds. The zero-order valence-corrected chi connectivity index (χ0v) is 12.4. The van der Waals surface area contributed by atoms with Gasteiger partial charge in [0, 0.05) is 6.20 Å². The number of esters is 1. The van der Waals surface area contributed by atoms with Crippen LogP contribution in [0.15, 0.2) is 17.2 Å². The molecule has 1 aromatic rings. The van der Waals surface area contributed by atoms with Crippen LogP contribution in [0.25, 0.3) is 0 Å². The Morgan fingerprint density at radius 1 is 1.30 bits per heavy atom. The van der Waals surface area contributed by atoms with Crippen molar-refractivity contribution in [2.45, 2.75) is 44.1 Å². The summed E-state index contributed by atoms with van der Waals surface area (Å²) in [4.78, 5) is 14.5. The Kier molecular flexibility index (Phi) is 4.19. The third kappa shape index (κ3) is 3.61. The minimum atomic E-state index is -3.81. The molecule has 1 fully saturated rings. The van der Waals surface area contributed by atoms with Gasteiger partial charge in [0.25, 0.3) is 0 Å². The molecular formula is C13H20N2O4S. The van der Waals surface area contributed by atoms with Gasteiger partial charge in [-0.1, -0.05) is 13.8 Å². The fourth-order valence-corrected chi connectivity index (χ4v) is 3.35. The molecule has 7 heteroatoms. The van der Waals surface area contributed by atoms with E-state index in [0.29, 0.717) is 11.8 Å². The van der Waals surface area contributed by atoms with E-state index in [4.69, 9.17) is 9.88 Å². The van der Waals surface area contributed by atoms with Crippen molar-refractivity contribution in [2.24, 2.45) is 17.0 Å². The number of ether oxygens (including phenoxy) is 1. The van der Waals surface area contributed by atoms with Gasteiger partial charge in [-0.3, -0.25) is 0 Å². The van der Waals surface area contributed by atoms with E-state index in [-0.39, 0.29) is 16.7 Å². The first-order chi connectivity index (χ1) is 9.25. The highest BCUT2D eigenvalue weighted by molar-refractivity contribution is 7.89. The van der Waals surface area contributed by atoms with E-state index in [0.717, 1.165) is 19.3 Å². The van der Waals surface area contributed by atoms with Gasteiger partial charge in [-0.2, -0.15) is 0 Å². The van der Waals surface area contributed by atoms with Crippen LogP contribution in [-0.4, -0.2) is 25.5 Å². The van der Waals surface area contributed by atoms with Gasteiger partial charge < -0.3 is 9.72 Å². The van der Waals surface area contributed by atoms with E-state index in [1.165, 1.54) is 12.3 Å². The molecule has 0 aliphatic heterocycles. The number of nitrogens with one attached hydrogen (secondary N) is 1. The molecular weight excluding hydrogens is 280 g/mol. The van der Waals surface area contributed by atoms with Crippen molar-refractivity contribution in [3.8, 4) is 0 Å². The second-order valence-electron chi connectivity index (χ2n) is 5.74. The average Bonchev–Trinajstić information content (AvgIpc) is 2.75. The Morgan fingerprint density at radius 3 is 2.40 bits per heavy atom. The Balaban J connectivity index is 2.03. The van der Waals surface area contributed by atoms with E-state index < -0.39 is 16.0 Å². The minimum absolute atomic E-state index is 0.109. The first-order valence-electron chi connectivity index (χ1n) is 6.68. The van der Waals surface area contributed by atoms with E-state index in [9.17, 15) is 13.2 Å². The summed E-state index contributed by atoms with van der Waals surface area (Å²) in [6, 6.07) is 1.20. The Labute approximate surface area is 118 Å². The normalized spacial score (nSPS) is 27.2. The summed E-state index contributed by atoms with van der Waals surface area (Å²) in [5, 5.41) is 4.99. The van der Waals surface area contributed by atoms with Crippen molar-refractivity contribution in [3.05, 3.63) is 18.0 Å². The number of H-pyrrole nitrogens is 1. The summed E-state index contributed by atoms with van der Waals surface area (Å²) in [6.07, 6.45) is 3.92. The van der Waals surface area contributed by atoms with Gasteiger partial charge in [-0.05, 0) is 37.2 Å². The molecule has 0 radical (unpaired) electrons. The summed E-state index contributed by atoms with van der Waals surface area (Å²) in [5.41, 5.74) is 0.111. The molecule has 6 nitrogen and oxygen atoms in total. The second kappa shape index (κ2) is 5.57. The number of sulfonamides is 1. The van der Waals surface area contributed by atoms with Crippen molar-refractivity contribution in [2.75, 3.05) is 0 Å². The van der Waals surface area contributed by atoms with Crippen LogP contribution in [0.5, 0.6) is 0 Å². The lowest BCUT2D eigenvalue weighted by molar-refractivity contribution is 0.00751. The van der Waals surface area contributed by atoms with Crippen LogP contribution in [0, 0.1) is 11.8 Å². The van der Waals surface area contributed by atoms with Gasteiger partial charge in [0.1, 0.15) is 16.7 Å². The number of aromatic amines is 1. The monoisotopic (exact) mass is 300 g/mol. The lowest BCUT2D eigenvalue weighted by atomic mass is 9.82. The zero-order valence-electron chi connectivity index (χ0n) is 11.6. The highest BCUT2D eigenvalue weighted by atomic mass is 32.2. The quantitative estimate of drug-likeness (QED) is 0.828. The Morgan fingerprint density at radius 2 is 1.90 bits per heavy atom. The zero-order chi connectivity index (χ0) is 14.9. The summed E-state index contributed by atoms with van der Waals surface area (Å²) in [6.45, 7) is 4.29. The highest BCUT2D eigenvalue weighted by Crippen LogP contribution is 2.30. The average molecular weight is 300 g/mol.